The lowest BCUT2D eigenvalue weighted by molar-refractivity contribution is -0.385. The second-order valence-electron chi connectivity index (χ2n) is 6.37. The fourth-order valence-corrected chi connectivity index (χ4v) is 3.21. The SMILES string of the molecule is COc1ccc(C(=O)N(Cc2ccc(Cl)c(Cl)c2)Cc2ccccn2)cc1[N+](=O)[O-]. The van der Waals surface area contributed by atoms with Crippen molar-refractivity contribution in [3.8, 4) is 5.75 Å². The molecule has 0 aliphatic carbocycles. The minimum absolute atomic E-state index is 0.0808. The first-order valence-corrected chi connectivity index (χ1v) is 9.60. The Labute approximate surface area is 183 Å². The molecule has 3 aromatic rings. The minimum Gasteiger partial charge on any atom is -0.490 e. The number of nitrogens with zero attached hydrogens (tertiary/aromatic N) is 3. The molecule has 7 nitrogen and oxygen atoms in total. The number of carbonyl (C=O) groups is 1. The molecule has 9 heteroatoms. The van der Waals surface area contributed by atoms with Gasteiger partial charge < -0.3 is 9.64 Å². The number of amides is 1. The predicted molar refractivity (Wildman–Crippen MR) is 114 cm³/mol. The lowest BCUT2D eigenvalue weighted by atomic mass is 10.1. The Hall–Kier alpha value is -3.16. The zero-order chi connectivity index (χ0) is 21.7. The molecule has 154 valence electrons. The maximum absolute atomic E-state index is 13.3. The van der Waals surface area contributed by atoms with E-state index in [0.717, 1.165) is 5.56 Å². The van der Waals surface area contributed by atoms with Crippen molar-refractivity contribution >= 4 is 34.8 Å². The van der Waals surface area contributed by atoms with Gasteiger partial charge in [-0.15, -0.1) is 0 Å². The third-order valence-corrected chi connectivity index (χ3v) is 5.09. The van der Waals surface area contributed by atoms with Gasteiger partial charge in [0.15, 0.2) is 5.75 Å². The standard InChI is InChI=1S/C21H17Cl2N3O4/c1-30-20-8-6-15(11-19(20)26(28)29)21(27)25(13-16-4-2-3-9-24-16)12-14-5-7-17(22)18(23)10-14/h2-11H,12-13H2,1H3. The fraction of sp³-hybridized carbons (Fsp3) is 0.143. The summed E-state index contributed by atoms with van der Waals surface area (Å²) in [6.45, 7) is 0.422. The third-order valence-electron chi connectivity index (χ3n) is 4.35. The highest BCUT2D eigenvalue weighted by Gasteiger charge is 2.22. The van der Waals surface area contributed by atoms with Gasteiger partial charge in [-0.3, -0.25) is 19.9 Å². The highest BCUT2D eigenvalue weighted by Crippen LogP contribution is 2.29. The van der Waals surface area contributed by atoms with E-state index in [0.29, 0.717) is 15.7 Å². The molecular formula is C21H17Cl2N3O4. The van der Waals surface area contributed by atoms with Gasteiger partial charge in [0, 0.05) is 24.4 Å². The van der Waals surface area contributed by atoms with Crippen molar-refractivity contribution in [2.75, 3.05) is 7.11 Å². The largest absolute Gasteiger partial charge is 0.490 e. The number of benzene rings is 2. The van der Waals surface area contributed by atoms with Gasteiger partial charge in [0.25, 0.3) is 5.91 Å². The first-order chi connectivity index (χ1) is 14.4. The van der Waals surface area contributed by atoms with Crippen molar-refractivity contribution in [2.24, 2.45) is 0 Å². The van der Waals surface area contributed by atoms with Crippen molar-refractivity contribution in [1.82, 2.24) is 9.88 Å². The Bertz CT molecular complexity index is 1080. The Morgan fingerprint density at radius 3 is 2.53 bits per heavy atom. The molecule has 0 radical (unpaired) electrons. The first-order valence-electron chi connectivity index (χ1n) is 8.84. The number of rotatable bonds is 7. The second-order valence-corrected chi connectivity index (χ2v) is 7.19. The van der Waals surface area contributed by atoms with E-state index in [9.17, 15) is 14.9 Å². The predicted octanol–water partition coefficient (Wildman–Crippen LogP) is 5.15. The minimum atomic E-state index is -0.586. The zero-order valence-corrected chi connectivity index (χ0v) is 17.4. The molecular weight excluding hydrogens is 429 g/mol. The average Bonchev–Trinajstić information content (AvgIpc) is 2.75. The number of methoxy groups -OCH3 is 1. The summed E-state index contributed by atoms with van der Waals surface area (Å²) in [6, 6.07) is 14.6. The highest BCUT2D eigenvalue weighted by molar-refractivity contribution is 6.42. The van der Waals surface area contributed by atoms with Crippen LogP contribution in [0.5, 0.6) is 5.75 Å². The van der Waals surface area contributed by atoms with Crippen molar-refractivity contribution < 1.29 is 14.5 Å². The first kappa shape index (κ1) is 21.5. The number of nitro groups is 1. The van der Waals surface area contributed by atoms with E-state index in [1.54, 1.807) is 36.5 Å². The molecule has 0 bridgehead atoms. The summed E-state index contributed by atoms with van der Waals surface area (Å²) >= 11 is 12.1. The zero-order valence-electron chi connectivity index (χ0n) is 15.9. The average molecular weight is 446 g/mol. The molecule has 2 aromatic carbocycles. The summed E-state index contributed by atoms with van der Waals surface area (Å²) in [6.07, 6.45) is 1.63. The van der Waals surface area contributed by atoms with E-state index >= 15 is 0 Å². The van der Waals surface area contributed by atoms with Crippen LogP contribution in [0.4, 0.5) is 5.69 Å². The maximum Gasteiger partial charge on any atom is 0.311 e. The van der Waals surface area contributed by atoms with Crippen LogP contribution in [0.2, 0.25) is 10.0 Å². The smallest absolute Gasteiger partial charge is 0.311 e. The summed E-state index contributed by atoms with van der Waals surface area (Å²) in [7, 11) is 1.33. The molecule has 1 heterocycles. The van der Waals surface area contributed by atoms with Crippen LogP contribution in [0.3, 0.4) is 0 Å². The topological polar surface area (TPSA) is 85.6 Å². The van der Waals surface area contributed by atoms with Crippen molar-refractivity contribution in [3.63, 3.8) is 0 Å². The molecule has 3 rings (SSSR count). The normalized spacial score (nSPS) is 10.5. The Morgan fingerprint density at radius 1 is 1.10 bits per heavy atom. The Kier molecular flexibility index (Phi) is 6.87. The molecule has 1 aromatic heterocycles. The van der Waals surface area contributed by atoms with E-state index in [1.165, 1.54) is 30.2 Å². The van der Waals surface area contributed by atoms with Crippen molar-refractivity contribution in [1.29, 1.82) is 0 Å². The molecule has 1 amide bonds. The number of pyridine rings is 1. The number of hydrogen-bond acceptors (Lipinski definition) is 5. The van der Waals surface area contributed by atoms with Crippen molar-refractivity contribution in [2.45, 2.75) is 13.1 Å². The van der Waals surface area contributed by atoms with Crippen LogP contribution in [-0.2, 0) is 13.1 Å². The van der Waals surface area contributed by atoms with Gasteiger partial charge in [0.1, 0.15) is 0 Å². The Balaban J connectivity index is 1.96. The molecule has 0 aliphatic heterocycles. The van der Waals surface area contributed by atoms with Gasteiger partial charge in [-0.1, -0.05) is 35.3 Å². The van der Waals surface area contributed by atoms with Crippen LogP contribution >= 0.6 is 23.2 Å². The lowest BCUT2D eigenvalue weighted by Crippen LogP contribution is -2.30. The van der Waals surface area contributed by atoms with Crippen LogP contribution in [0.15, 0.2) is 60.8 Å². The number of ether oxygens (including phenoxy) is 1. The molecule has 0 saturated heterocycles. The second kappa shape index (κ2) is 9.56. The maximum atomic E-state index is 13.3. The van der Waals surface area contributed by atoms with E-state index in [-0.39, 0.29) is 30.1 Å². The van der Waals surface area contributed by atoms with E-state index in [4.69, 9.17) is 27.9 Å². The summed E-state index contributed by atoms with van der Waals surface area (Å²) in [4.78, 5) is 29.8. The van der Waals surface area contributed by atoms with E-state index in [1.807, 2.05) is 6.07 Å². The number of carbonyl (C=O) groups excluding carboxylic acids is 1. The molecule has 0 atom stereocenters. The summed E-state index contributed by atoms with van der Waals surface area (Å²) in [5.74, 6) is -0.310. The number of hydrogen-bond donors (Lipinski definition) is 0. The van der Waals surface area contributed by atoms with Crippen LogP contribution in [0, 0.1) is 10.1 Å². The number of nitro benzene ring substituents is 1. The number of aromatic nitrogens is 1. The quantitative estimate of drug-likeness (QED) is 0.370. The fourth-order valence-electron chi connectivity index (χ4n) is 2.89. The lowest BCUT2D eigenvalue weighted by Gasteiger charge is -2.23. The molecule has 0 unspecified atom stereocenters. The summed E-state index contributed by atoms with van der Waals surface area (Å²) in [5, 5.41) is 12.1. The van der Waals surface area contributed by atoms with Crippen LogP contribution in [-0.4, -0.2) is 27.8 Å². The van der Waals surface area contributed by atoms with Gasteiger partial charge in [0.2, 0.25) is 0 Å². The van der Waals surface area contributed by atoms with Crippen LogP contribution in [0.25, 0.3) is 0 Å². The van der Waals surface area contributed by atoms with Crippen molar-refractivity contribution in [3.05, 3.63) is 97.8 Å². The van der Waals surface area contributed by atoms with Gasteiger partial charge in [-0.2, -0.15) is 0 Å². The van der Waals surface area contributed by atoms with Gasteiger partial charge in [0.05, 0.1) is 34.3 Å². The van der Waals surface area contributed by atoms with E-state index in [2.05, 4.69) is 4.98 Å². The molecule has 0 aliphatic rings. The molecule has 0 fully saturated rings. The molecule has 0 saturated carbocycles. The van der Waals surface area contributed by atoms with Gasteiger partial charge >= 0.3 is 5.69 Å². The Morgan fingerprint density at radius 2 is 1.90 bits per heavy atom. The third kappa shape index (κ3) is 5.06. The monoisotopic (exact) mass is 445 g/mol. The molecule has 0 N–H and O–H groups in total. The number of halogens is 2. The van der Waals surface area contributed by atoms with Crippen LogP contribution < -0.4 is 4.74 Å². The molecule has 30 heavy (non-hydrogen) atoms. The summed E-state index contributed by atoms with van der Waals surface area (Å²) < 4.78 is 5.01. The van der Waals surface area contributed by atoms with Crippen LogP contribution in [0.1, 0.15) is 21.6 Å². The molecule has 0 spiro atoms. The van der Waals surface area contributed by atoms with Gasteiger partial charge in [-0.05, 0) is 42.0 Å². The summed E-state index contributed by atoms with van der Waals surface area (Å²) in [5.41, 5.74) is 1.32. The highest BCUT2D eigenvalue weighted by atomic mass is 35.5. The van der Waals surface area contributed by atoms with Gasteiger partial charge in [-0.25, -0.2) is 0 Å². The van der Waals surface area contributed by atoms with E-state index < -0.39 is 10.8 Å².